The molecule has 5 heteroatoms. The van der Waals surface area contributed by atoms with Crippen LogP contribution >= 0.6 is 0 Å². The predicted octanol–water partition coefficient (Wildman–Crippen LogP) is 2.70. The molecule has 2 heterocycles. The Labute approximate surface area is 132 Å². The number of nitrogens with zero attached hydrogens (tertiary/aromatic N) is 1. The van der Waals surface area contributed by atoms with Crippen molar-refractivity contribution in [3.63, 3.8) is 0 Å². The number of rotatable bonds is 3. The molecule has 22 heavy (non-hydrogen) atoms. The fourth-order valence-corrected chi connectivity index (χ4v) is 3.67. The van der Waals surface area contributed by atoms with Crippen molar-refractivity contribution >= 4 is 5.91 Å². The second kappa shape index (κ2) is 6.82. The zero-order valence-electron chi connectivity index (χ0n) is 13.6. The Morgan fingerprint density at radius 3 is 2.95 bits per heavy atom. The Bertz CT molecular complexity index is 508. The lowest BCUT2D eigenvalue weighted by Gasteiger charge is -2.34. The van der Waals surface area contributed by atoms with Crippen LogP contribution in [0.3, 0.4) is 0 Å². The van der Waals surface area contributed by atoms with Crippen molar-refractivity contribution < 1.29 is 9.21 Å². The second-order valence-electron chi connectivity index (χ2n) is 6.96. The van der Waals surface area contributed by atoms with Crippen LogP contribution < -0.4 is 10.6 Å². The number of carbonyl (C=O) groups excluding carboxylic acids is 1. The number of nitrogens with one attached hydrogen (secondary N) is 2. The first-order valence-corrected chi connectivity index (χ1v) is 8.62. The van der Waals surface area contributed by atoms with Crippen molar-refractivity contribution in [3.05, 3.63) is 17.8 Å². The monoisotopic (exact) mass is 305 g/mol. The molecule has 3 rings (SSSR count). The van der Waals surface area contributed by atoms with Gasteiger partial charge in [-0.1, -0.05) is 26.7 Å². The number of oxazole rings is 1. The average Bonchev–Trinajstić information content (AvgIpc) is 3.03. The van der Waals surface area contributed by atoms with Gasteiger partial charge in [0.15, 0.2) is 11.6 Å². The molecule has 1 saturated carbocycles. The molecule has 4 atom stereocenters. The average molecular weight is 305 g/mol. The highest BCUT2D eigenvalue weighted by molar-refractivity contribution is 5.92. The summed E-state index contributed by atoms with van der Waals surface area (Å²) in [6.45, 7) is 6.45. The molecule has 122 valence electrons. The van der Waals surface area contributed by atoms with E-state index in [0.29, 0.717) is 29.3 Å². The van der Waals surface area contributed by atoms with Crippen LogP contribution in [0.4, 0.5) is 0 Å². The normalized spacial score (nSPS) is 32.6. The van der Waals surface area contributed by atoms with Crippen molar-refractivity contribution in [2.75, 3.05) is 13.1 Å². The number of amides is 1. The van der Waals surface area contributed by atoms with Gasteiger partial charge in [0, 0.05) is 18.5 Å². The van der Waals surface area contributed by atoms with Crippen LogP contribution in [0, 0.1) is 11.8 Å². The maximum Gasteiger partial charge on any atom is 0.273 e. The fraction of sp³-hybridized carbons (Fsp3) is 0.765. The summed E-state index contributed by atoms with van der Waals surface area (Å²) in [5.74, 6) is 2.09. The van der Waals surface area contributed by atoms with Gasteiger partial charge in [-0.15, -0.1) is 0 Å². The molecule has 1 aliphatic heterocycles. The third kappa shape index (κ3) is 3.35. The molecular weight excluding hydrogens is 278 g/mol. The summed E-state index contributed by atoms with van der Waals surface area (Å²) < 4.78 is 5.55. The molecule has 5 nitrogen and oxygen atoms in total. The number of aromatic nitrogens is 1. The lowest BCUT2D eigenvalue weighted by Crippen LogP contribution is -2.43. The van der Waals surface area contributed by atoms with Crippen LogP contribution in [-0.4, -0.2) is 30.0 Å². The van der Waals surface area contributed by atoms with Gasteiger partial charge in [-0.25, -0.2) is 4.98 Å². The zero-order chi connectivity index (χ0) is 15.5. The predicted molar refractivity (Wildman–Crippen MR) is 84.8 cm³/mol. The van der Waals surface area contributed by atoms with E-state index in [4.69, 9.17) is 4.42 Å². The van der Waals surface area contributed by atoms with Gasteiger partial charge < -0.3 is 15.1 Å². The standard InChI is InChI=1S/C17H27N3O2/c1-11-5-3-7-14(12(11)2)19-16(21)15-10-22-17(20-15)13-6-4-8-18-9-13/h10-14,18H,3-9H2,1-2H3,(H,19,21). The van der Waals surface area contributed by atoms with E-state index in [1.807, 2.05) is 0 Å². The van der Waals surface area contributed by atoms with Crippen molar-refractivity contribution in [1.82, 2.24) is 15.6 Å². The molecular formula is C17H27N3O2. The highest BCUT2D eigenvalue weighted by atomic mass is 16.3. The minimum absolute atomic E-state index is 0.0929. The quantitative estimate of drug-likeness (QED) is 0.901. The van der Waals surface area contributed by atoms with Gasteiger partial charge >= 0.3 is 0 Å². The second-order valence-corrected chi connectivity index (χ2v) is 6.96. The van der Waals surface area contributed by atoms with Crippen LogP contribution in [0.15, 0.2) is 10.7 Å². The van der Waals surface area contributed by atoms with Crippen LogP contribution in [0.2, 0.25) is 0 Å². The number of piperidine rings is 1. The Kier molecular flexibility index (Phi) is 4.81. The SMILES string of the molecule is CC1CCCC(NC(=O)c2coc(C3CCCNC3)n2)C1C. The molecule has 2 aliphatic rings. The third-order valence-electron chi connectivity index (χ3n) is 5.42. The highest BCUT2D eigenvalue weighted by Gasteiger charge is 2.29. The molecule has 1 aliphatic carbocycles. The van der Waals surface area contributed by atoms with E-state index in [2.05, 4.69) is 29.5 Å². The minimum Gasteiger partial charge on any atom is -0.448 e. The molecule has 1 aromatic heterocycles. The van der Waals surface area contributed by atoms with Gasteiger partial charge in [0.1, 0.15) is 6.26 Å². The molecule has 0 radical (unpaired) electrons. The van der Waals surface area contributed by atoms with Gasteiger partial charge in [-0.2, -0.15) is 0 Å². The summed E-state index contributed by atoms with van der Waals surface area (Å²) in [4.78, 5) is 16.8. The Morgan fingerprint density at radius 1 is 1.32 bits per heavy atom. The molecule has 0 bridgehead atoms. The first kappa shape index (κ1) is 15.5. The summed E-state index contributed by atoms with van der Waals surface area (Å²) in [5, 5.41) is 6.50. The molecule has 1 aromatic rings. The zero-order valence-corrected chi connectivity index (χ0v) is 13.6. The van der Waals surface area contributed by atoms with Gasteiger partial charge in [0.05, 0.1) is 0 Å². The van der Waals surface area contributed by atoms with Crippen molar-refractivity contribution in [3.8, 4) is 0 Å². The summed E-state index contributed by atoms with van der Waals surface area (Å²) in [5.41, 5.74) is 0.422. The van der Waals surface area contributed by atoms with E-state index in [0.717, 1.165) is 32.4 Å². The molecule has 1 saturated heterocycles. The van der Waals surface area contributed by atoms with Gasteiger partial charge in [0.25, 0.3) is 5.91 Å². The molecule has 2 N–H and O–H groups in total. The van der Waals surface area contributed by atoms with E-state index in [1.54, 1.807) is 0 Å². The number of hydrogen-bond donors (Lipinski definition) is 2. The molecule has 0 spiro atoms. The molecule has 0 aromatic carbocycles. The first-order valence-electron chi connectivity index (χ1n) is 8.62. The van der Waals surface area contributed by atoms with E-state index in [-0.39, 0.29) is 11.9 Å². The Morgan fingerprint density at radius 2 is 2.18 bits per heavy atom. The Hall–Kier alpha value is -1.36. The smallest absolute Gasteiger partial charge is 0.273 e. The van der Waals surface area contributed by atoms with Crippen LogP contribution in [0.1, 0.15) is 68.2 Å². The maximum atomic E-state index is 12.4. The summed E-state index contributed by atoms with van der Waals surface area (Å²) >= 11 is 0. The maximum absolute atomic E-state index is 12.4. The van der Waals surface area contributed by atoms with Gasteiger partial charge in [-0.3, -0.25) is 4.79 Å². The van der Waals surface area contributed by atoms with Crippen LogP contribution in [0.5, 0.6) is 0 Å². The van der Waals surface area contributed by atoms with E-state index < -0.39 is 0 Å². The number of hydrogen-bond acceptors (Lipinski definition) is 4. The van der Waals surface area contributed by atoms with Crippen LogP contribution in [-0.2, 0) is 0 Å². The topological polar surface area (TPSA) is 67.2 Å². The highest BCUT2D eigenvalue weighted by Crippen LogP contribution is 2.29. The summed E-state index contributed by atoms with van der Waals surface area (Å²) in [6, 6.07) is 0.257. The van der Waals surface area contributed by atoms with Crippen LogP contribution in [0.25, 0.3) is 0 Å². The summed E-state index contributed by atoms with van der Waals surface area (Å²) in [7, 11) is 0. The van der Waals surface area contributed by atoms with Crippen molar-refractivity contribution in [2.45, 2.75) is 57.9 Å². The number of carbonyl (C=O) groups is 1. The van der Waals surface area contributed by atoms with Gasteiger partial charge in [0.2, 0.25) is 0 Å². The first-order chi connectivity index (χ1) is 10.6. The Balaban J connectivity index is 1.61. The minimum atomic E-state index is -0.0929. The molecule has 1 amide bonds. The van der Waals surface area contributed by atoms with E-state index >= 15 is 0 Å². The lowest BCUT2D eigenvalue weighted by atomic mass is 9.78. The fourth-order valence-electron chi connectivity index (χ4n) is 3.67. The molecule has 4 unspecified atom stereocenters. The largest absolute Gasteiger partial charge is 0.448 e. The van der Waals surface area contributed by atoms with Crippen molar-refractivity contribution in [1.29, 1.82) is 0 Å². The molecule has 2 fully saturated rings. The lowest BCUT2D eigenvalue weighted by molar-refractivity contribution is 0.0886. The van der Waals surface area contributed by atoms with E-state index in [9.17, 15) is 4.79 Å². The third-order valence-corrected chi connectivity index (χ3v) is 5.42. The van der Waals surface area contributed by atoms with Crippen molar-refractivity contribution in [2.24, 2.45) is 11.8 Å². The summed E-state index contributed by atoms with van der Waals surface area (Å²) in [6.07, 6.45) is 7.23. The van der Waals surface area contributed by atoms with Gasteiger partial charge in [-0.05, 0) is 37.6 Å². The van der Waals surface area contributed by atoms with E-state index in [1.165, 1.54) is 19.1 Å².